The number of nitrogens with one attached hydrogen (secondary N) is 1. The Balaban J connectivity index is 1.33. The Bertz CT molecular complexity index is 1080. The average molecular weight is 474 g/mol. The Morgan fingerprint density at radius 3 is 2.60 bits per heavy atom. The van der Waals surface area contributed by atoms with Crippen LogP contribution in [-0.2, 0) is 16.0 Å². The van der Waals surface area contributed by atoms with Gasteiger partial charge in [0.2, 0.25) is 5.91 Å². The van der Waals surface area contributed by atoms with E-state index in [9.17, 15) is 9.59 Å². The second kappa shape index (κ2) is 12.2. The summed E-state index contributed by atoms with van der Waals surface area (Å²) in [5.74, 6) is -0.192. The van der Waals surface area contributed by atoms with Crippen molar-refractivity contribution in [1.29, 1.82) is 0 Å². The van der Waals surface area contributed by atoms with E-state index < -0.39 is 6.04 Å². The summed E-state index contributed by atoms with van der Waals surface area (Å²) in [7, 11) is 0. The number of benzene rings is 2. The molecular formula is C28H35N5O2. The van der Waals surface area contributed by atoms with Gasteiger partial charge in [-0.05, 0) is 43.0 Å². The molecule has 0 spiro atoms. The zero-order valence-corrected chi connectivity index (χ0v) is 20.5. The largest absolute Gasteiger partial charge is 0.371 e. The van der Waals surface area contributed by atoms with Crippen LogP contribution in [0.3, 0.4) is 0 Å². The van der Waals surface area contributed by atoms with E-state index in [1.54, 1.807) is 28.2 Å². The van der Waals surface area contributed by atoms with Crippen LogP contribution in [0.25, 0.3) is 0 Å². The molecule has 2 heterocycles. The van der Waals surface area contributed by atoms with Crippen molar-refractivity contribution < 1.29 is 9.59 Å². The number of anilines is 2. The molecule has 1 aromatic heterocycles. The second-order valence-corrected chi connectivity index (χ2v) is 8.98. The van der Waals surface area contributed by atoms with Crippen LogP contribution in [0.2, 0.25) is 0 Å². The number of rotatable bonds is 12. The molecule has 35 heavy (non-hydrogen) atoms. The van der Waals surface area contributed by atoms with Gasteiger partial charge in [-0.15, -0.1) is 0 Å². The summed E-state index contributed by atoms with van der Waals surface area (Å²) in [5, 5.41) is 3.03. The van der Waals surface area contributed by atoms with E-state index in [2.05, 4.69) is 52.5 Å². The molecule has 1 aliphatic rings. The molecule has 0 bridgehead atoms. The van der Waals surface area contributed by atoms with Crippen LogP contribution in [0, 0.1) is 0 Å². The Morgan fingerprint density at radius 1 is 1.06 bits per heavy atom. The Hall–Kier alpha value is -3.61. The van der Waals surface area contributed by atoms with E-state index in [1.165, 1.54) is 11.3 Å². The van der Waals surface area contributed by atoms with E-state index in [4.69, 9.17) is 0 Å². The van der Waals surface area contributed by atoms with E-state index in [0.29, 0.717) is 13.1 Å². The van der Waals surface area contributed by atoms with Crippen LogP contribution in [0.5, 0.6) is 0 Å². The zero-order valence-electron chi connectivity index (χ0n) is 20.5. The van der Waals surface area contributed by atoms with E-state index in [-0.39, 0.29) is 18.2 Å². The lowest BCUT2D eigenvalue weighted by Gasteiger charge is -2.25. The van der Waals surface area contributed by atoms with Crippen LogP contribution in [0.1, 0.15) is 44.2 Å². The van der Waals surface area contributed by atoms with Gasteiger partial charge < -0.3 is 19.7 Å². The molecule has 0 radical (unpaired) electrons. The van der Waals surface area contributed by atoms with Crippen molar-refractivity contribution in [2.75, 3.05) is 36.0 Å². The van der Waals surface area contributed by atoms with Crippen LogP contribution in [-0.4, -0.2) is 47.5 Å². The van der Waals surface area contributed by atoms with E-state index in [1.807, 2.05) is 24.3 Å². The molecule has 1 N–H and O–H groups in total. The first kappa shape index (κ1) is 24.5. The summed E-state index contributed by atoms with van der Waals surface area (Å²) < 4.78 is 1.74. The number of hydrogen-bond donors (Lipinski definition) is 1. The molecular weight excluding hydrogens is 438 g/mol. The summed E-state index contributed by atoms with van der Waals surface area (Å²) in [6.45, 7) is 5.29. The van der Waals surface area contributed by atoms with Gasteiger partial charge in [0.25, 0.3) is 5.91 Å². The molecule has 3 aromatic rings. The van der Waals surface area contributed by atoms with Crippen LogP contribution >= 0.6 is 0 Å². The number of unbranched alkanes of at least 4 members (excludes halogenated alkanes) is 1. The van der Waals surface area contributed by atoms with Crippen LogP contribution in [0.15, 0.2) is 73.3 Å². The molecule has 0 unspecified atom stereocenters. The molecule has 4 rings (SSSR count). The van der Waals surface area contributed by atoms with Gasteiger partial charge in [-0.3, -0.25) is 9.59 Å². The van der Waals surface area contributed by atoms with Gasteiger partial charge in [-0.25, -0.2) is 4.98 Å². The number of carbonyl (C=O) groups excluding carboxylic acids is 2. The zero-order chi connectivity index (χ0) is 24.5. The van der Waals surface area contributed by atoms with Gasteiger partial charge in [-0.2, -0.15) is 0 Å². The highest BCUT2D eigenvalue weighted by Gasteiger charge is 2.32. The smallest absolute Gasteiger partial charge is 0.250 e. The van der Waals surface area contributed by atoms with Crippen molar-refractivity contribution in [3.8, 4) is 0 Å². The summed E-state index contributed by atoms with van der Waals surface area (Å²) >= 11 is 0. The highest BCUT2D eigenvalue weighted by atomic mass is 16.2. The van der Waals surface area contributed by atoms with Crippen molar-refractivity contribution in [3.05, 3.63) is 78.9 Å². The lowest BCUT2D eigenvalue weighted by atomic mass is 10.1. The first-order chi connectivity index (χ1) is 17.2. The van der Waals surface area contributed by atoms with Gasteiger partial charge in [0, 0.05) is 49.9 Å². The molecule has 0 fully saturated rings. The minimum Gasteiger partial charge on any atom is -0.371 e. The van der Waals surface area contributed by atoms with E-state index in [0.717, 1.165) is 44.5 Å². The third-order valence-electron chi connectivity index (χ3n) is 6.53. The van der Waals surface area contributed by atoms with E-state index >= 15 is 0 Å². The molecule has 0 saturated carbocycles. The third kappa shape index (κ3) is 6.29. The summed E-state index contributed by atoms with van der Waals surface area (Å²) in [5.41, 5.74) is 3.32. The van der Waals surface area contributed by atoms with Crippen LogP contribution < -0.4 is 15.1 Å². The fourth-order valence-corrected chi connectivity index (χ4v) is 4.62. The maximum atomic E-state index is 13.5. The minimum atomic E-state index is -0.617. The van der Waals surface area contributed by atoms with Crippen molar-refractivity contribution in [3.63, 3.8) is 0 Å². The fourth-order valence-electron chi connectivity index (χ4n) is 4.62. The number of imidazole rings is 1. The Labute approximate surface area is 207 Å². The van der Waals surface area contributed by atoms with Gasteiger partial charge in [0.05, 0.1) is 12.7 Å². The molecule has 2 amide bonds. The number of nitrogens with zero attached hydrogens (tertiary/aromatic N) is 4. The summed E-state index contributed by atoms with van der Waals surface area (Å²) in [4.78, 5) is 34.7. The van der Waals surface area contributed by atoms with Crippen molar-refractivity contribution in [2.24, 2.45) is 0 Å². The Kier molecular flexibility index (Phi) is 8.54. The molecule has 184 valence electrons. The molecule has 7 nitrogen and oxygen atoms in total. The van der Waals surface area contributed by atoms with Crippen molar-refractivity contribution in [1.82, 2.24) is 14.9 Å². The van der Waals surface area contributed by atoms with Gasteiger partial charge in [-0.1, -0.05) is 49.7 Å². The maximum absolute atomic E-state index is 13.5. The fraction of sp³-hybridized carbons (Fsp3) is 0.393. The number of carbonyl (C=O) groups is 2. The number of amides is 2. The van der Waals surface area contributed by atoms with Crippen molar-refractivity contribution >= 4 is 23.2 Å². The van der Waals surface area contributed by atoms with Gasteiger partial charge >= 0.3 is 0 Å². The average Bonchev–Trinajstić information content (AvgIpc) is 3.57. The number of aromatic nitrogens is 2. The first-order valence-electron chi connectivity index (χ1n) is 12.6. The lowest BCUT2D eigenvalue weighted by Crippen LogP contribution is -2.39. The molecule has 2 aromatic carbocycles. The predicted octanol–water partition coefficient (Wildman–Crippen LogP) is 4.22. The molecule has 0 saturated heterocycles. The molecule has 7 heteroatoms. The standard InChI is InChI=1S/C28H35N5O2/c1-2-3-17-31(24-11-5-4-6-12-24)18-9-15-30-27(34)21-26(32-20-16-29-22-32)28(35)33-19-14-23-10-7-8-13-25(23)33/h4-8,10-13,16,20,22,26H,2-3,9,14-15,17-19,21H2,1H3,(H,30,34)/t26-/m1/s1. The number of hydrogen-bond acceptors (Lipinski definition) is 4. The predicted molar refractivity (Wildman–Crippen MR) is 140 cm³/mol. The Morgan fingerprint density at radius 2 is 1.83 bits per heavy atom. The summed E-state index contributed by atoms with van der Waals surface area (Å²) in [6, 6.07) is 17.8. The van der Waals surface area contributed by atoms with Gasteiger partial charge in [0.15, 0.2) is 0 Å². The highest BCUT2D eigenvalue weighted by molar-refractivity contribution is 6.00. The molecule has 1 atom stereocenters. The monoisotopic (exact) mass is 473 g/mol. The van der Waals surface area contributed by atoms with Crippen LogP contribution in [0.4, 0.5) is 11.4 Å². The number of para-hydroxylation sites is 2. The third-order valence-corrected chi connectivity index (χ3v) is 6.53. The van der Waals surface area contributed by atoms with Crippen molar-refractivity contribution in [2.45, 2.75) is 45.1 Å². The summed E-state index contributed by atoms with van der Waals surface area (Å²) in [6.07, 6.45) is 9.05. The maximum Gasteiger partial charge on any atom is 0.250 e. The molecule has 1 aliphatic heterocycles. The van der Waals surface area contributed by atoms with Gasteiger partial charge in [0.1, 0.15) is 6.04 Å². The second-order valence-electron chi connectivity index (χ2n) is 8.98. The normalized spacial score (nSPS) is 13.3. The SMILES string of the molecule is CCCCN(CCCNC(=O)C[C@H](C(=O)N1CCc2ccccc21)n1ccnc1)c1ccccc1. The number of fused-ring (bicyclic) bond motifs is 1. The topological polar surface area (TPSA) is 70.5 Å². The first-order valence-corrected chi connectivity index (χ1v) is 12.6. The lowest BCUT2D eigenvalue weighted by molar-refractivity contribution is -0.128. The quantitative estimate of drug-likeness (QED) is 0.400. The minimum absolute atomic E-state index is 0.0714. The highest BCUT2D eigenvalue weighted by Crippen LogP contribution is 2.30. The molecule has 0 aliphatic carbocycles.